The summed E-state index contributed by atoms with van der Waals surface area (Å²) in [6.07, 6.45) is -2.74. The summed E-state index contributed by atoms with van der Waals surface area (Å²) in [4.78, 5) is 19.9. The molecule has 0 bridgehead atoms. The summed E-state index contributed by atoms with van der Waals surface area (Å²) in [7, 11) is 0. The first kappa shape index (κ1) is 14.4. The van der Waals surface area contributed by atoms with Gasteiger partial charge in [-0.3, -0.25) is 4.79 Å². The largest absolute Gasteiger partial charge is 1.00 e. The average Bonchev–Trinajstić information content (AvgIpc) is 1.87. The van der Waals surface area contributed by atoms with E-state index in [1.54, 1.807) is 0 Å². The molecular formula is C6H8FNaO4. The van der Waals surface area contributed by atoms with E-state index in [-0.39, 0.29) is 29.6 Å². The molecule has 4 nitrogen and oxygen atoms in total. The third kappa shape index (κ3) is 5.51. The van der Waals surface area contributed by atoms with E-state index in [1.807, 2.05) is 0 Å². The Morgan fingerprint density at radius 3 is 2.25 bits per heavy atom. The fourth-order valence-electron chi connectivity index (χ4n) is 0.507. The normalized spacial score (nSPS) is 14.2. The number of alkyl halides is 1. The molecule has 0 aromatic heterocycles. The molecular weight excluding hydrogens is 178 g/mol. The molecule has 0 aromatic rings. The Morgan fingerprint density at radius 2 is 2.00 bits per heavy atom. The van der Waals surface area contributed by atoms with Crippen molar-refractivity contribution in [3.05, 3.63) is 0 Å². The number of rotatable bonds is 4. The van der Waals surface area contributed by atoms with Gasteiger partial charge in [0.1, 0.15) is 6.17 Å². The Kier molecular flexibility index (Phi) is 7.67. The van der Waals surface area contributed by atoms with E-state index >= 15 is 0 Å². The van der Waals surface area contributed by atoms with Crippen molar-refractivity contribution in [1.29, 1.82) is 0 Å². The van der Waals surface area contributed by atoms with Gasteiger partial charge in [-0.15, -0.1) is 0 Å². The summed E-state index contributed by atoms with van der Waals surface area (Å²) < 4.78 is 12.2. The Bertz CT molecular complexity index is 155. The van der Waals surface area contributed by atoms with E-state index in [2.05, 4.69) is 0 Å². The summed E-state index contributed by atoms with van der Waals surface area (Å²) in [5, 5.41) is 18.0. The predicted octanol–water partition coefficient (Wildman–Crippen LogP) is -3.81. The number of carbonyl (C=O) groups is 2. The van der Waals surface area contributed by atoms with Gasteiger partial charge >= 0.3 is 35.5 Å². The minimum Gasteiger partial charge on any atom is -0.547 e. The van der Waals surface area contributed by atoms with Crippen molar-refractivity contribution in [2.24, 2.45) is 5.92 Å². The molecule has 0 aliphatic heterocycles. The Hall–Kier alpha value is -0.130. The summed E-state index contributed by atoms with van der Waals surface area (Å²) in [5.41, 5.74) is 0. The molecule has 1 N–H and O–H groups in total. The predicted molar refractivity (Wildman–Crippen MR) is 31.3 cm³/mol. The van der Waals surface area contributed by atoms with Crippen molar-refractivity contribution in [2.75, 3.05) is 0 Å². The van der Waals surface area contributed by atoms with E-state index in [0.717, 1.165) is 0 Å². The van der Waals surface area contributed by atoms with Crippen LogP contribution in [0.25, 0.3) is 0 Å². The van der Waals surface area contributed by atoms with Crippen molar-refractivity contribution in [2.45, 2.75) is 19.5 Å². The molecule has 0 saturated carbocycles. The molecule has 0 heterocycles. The third-order valence-corrected chi connectivity index (χ3v) is 1.24. The van der Waals surface area contributed by atoms with Crippen molar-refractivity contribution in [3.8, 4) is 0 Å². The molecule has 6 heteroatoms. The zero-order valence-corrected chi connectivity index (χ0v) is 8.91. The smallest absolute Gasteiger partial charge is 0.547 e. The molecule has 0 fully saturated rings. The van der Waals surface area contributed by atoms with E-state index in [4.69, 9.17) is 5.11 Å². The van der Waals surface area contributed by atoms with Crippen molar-refractivity contribution < 1.29 is 53.7 Å². The maximum Gasteiger partial charge on any atom is 1.00 e. The molecule has 12 heavy (non-hydrogen) atoms. The third-order valence-electron chi connectivity index (χ3n) is 1.24. The van der Waals surface area contributed by atoms with Crippen molar-refractivity contribution >= 4 is 11.9 Å². The standard InChI is InChI=1S/C6H9FO4.Na/c1-3(5(8)9)2-4(7)6(10)11;/h3-4H,2H2,1H3,(H,8,9)(H,10,11);/q;+1/p-1/t3?,4-;/m1./s1. The molecule has 0 amide bonds. The zero-order valence-electron chi connectivity index (χ0n) is 6.91. The second kappa shape index (κ2) is 6.39. The molecule has 2 atom stereocenters. The summed E-state index contributed by atoms with van der Waals surface area (Å²) in [6.45, 7) is 1.23. The van der Waals surface area contributed by atoms with Crippen LogP contribution in [0.2, 0.25) is 0 Å². The van der Waals surface area contributed by atoms with Crippen molar-refractivity contribution in [3.63, 3.8) is 0 Å². The van der Waals surface area contributed by atoms with E-state index < -0.39 is 30.4 Å². The van der Waals surface area contributed by atoms with Gasteiger partial charge in [0.25, 0.3) is 0 Å². The minimum absolute atomic E-state index is 0. The summed E-state index contributed by atoms with van der Waals surface area (Å²) in [6, 6.07) is 0. The molecule has 0 aliphatic rings. The second-order valence-corrected chi connectivity index (χ2v) is 2.26. The number of hydrogen-bond donors (Lipinski definition) is 1. The van der Waals surface area contributed by atoms with Gasteiger partial charge in [-0.25, -0.2) is 4.39 Å². The van der Waals surface area contributed by atoms with Crippen LogP contribution >= 0.6 is 0 Å². The molecule has 0 saturated heterocycles. The molecule has 1 unspecified atom stereocenters. The Balaban J connectivity index is 0. The zero-order chi connectivity index (χ0) is 9.02. The number of hydrogen-bond acceptors (Lipinski definition) is 3. The van der Waals surface area contributed by atoms with Crippen LogP contribution in [0.1, 0.15) is 13.3 Å². The molecule has 0 spiro atoms. The minimum atomic E-state index is -2.19. The van der Waals surface area contributed by atoms with Gasteiger partial charge in [-0.2, -0.15) is 0 Å². The van der Waals surface area contributed by atoms with E-state index in [1.165, 1.54) is 6.92 Å². The SMILES string of the molecule is CC(C[C@@H](F)C(=O)[O-])C(=O)O.[Na+]. The fraction of sp³-hybridized carbons (Fsp3) is 0.667. The number of carboxylic acids is 2. The van der Waals surface area contributed by atoms with Crippen LogP contribution in [-0.2, 0) is 9.59 Å². The van der Waals surface area contributed by atoms with Gasteiger partial charge in [0, 0.05) is 0 Å². The molecule has 0 aliphatic carbocycles. The quantitative estimate of drug-likeness (QED) is 0.456. The van der Waals surface area contributed by atoms with Gasteiger partial charge in [0.2, 0.25) is 0 Å². The fourth-order valence-corrected chi connectivity index (χ4v) is 0.507. The van der Waals surface area contributed by atoms with Gasteiger partial charge < -0.3 is 15.0 Å². The topological polar surface area (TPSA) is 77.4 Å². The summed E-state index contributed by atoms with van der Waals surface area (Å²) in [5.74, 6) is -4.07. The monoisotopic (exact) mass is 186 g/mol. The maximum absolute atomic E-state index is 12.2. The van der Waals surface area contributed by atoms with Gasteiger partial charge in [0.05, 0.1) is 11.9 Å². The summed E-state index contributed by atoms with van der Waals surface area (Å²) >= 11 is 0. The van der Waals surface area contributed by atoms with Gasteiger partial charge in [-0.05, 0) is 6.42 Å². The van der Waals surface area contributed by atoms with Crippen LogP contribution in [0.3, 0.4) is 0 Å². The van der Waals surface area contributed by atoms with Crippen LogP contribution in [-0.4, -0.2) is 23.2 Å². The molecule has 64 valence electrons. The van der Waals surface area contributed by atoms with Crippen LogP contribution in [0.4, 0.5) is 4.39 Å². The maximum atomic E-state index is 12.2. The molecule has 0 aromatic carbocycles. The second-order valence-electron chi connectivity index (χ2n) is 2.26. The number of aliphatic carboxylic acids is 2. The Morgan fingerprint density at radius 1 is 1.58 bits per heavy atom. The Labute approximate surface area is 91.1 Å². The average molecular weight is 186 g/mol. The number of carboxylic acid groups (broad SMARTS) is 2. The first-order chi connectivity index (χ1) is 4.95. The van der Waals surface area contributed by atoms with Crippen LogP contribution < -0.4 is 34.7 Å². The van der Waals surface area contributed by atoms with E-state index in [9.17, 15) is 19.1 Å². The number of halogens is 1. The first-order valence-corrected chi connectivity index (χ1v) is 3.03. The molecule has 0 rings (SSSR count). The van der Waals surface area contributed by atoms with Crippen LogP contribution in [0.15, 0.2) is 0 Å². The first-order valence-electron chi connectivity index (χ1n) is 3.03. The number of carbonyl (C=O) groups excluding carboxylic acids is 1. The van der Waals surface area contributed by atoms with Crippen LogP contribution in [0.5, 0.6) is 0 Å². The van der Waals surface area contributed by atoms with Crippen molar-refractivity contribution in [1.82, 2.24) is 0 Å². The van der Waals surface area contributed by atoms with E-state index in [0.29, 0.717) is 0 Å². The van der Waals surface area contributed by atoms with Crippen LogP contribution in [0, 0.1) is 5.92 Å². The molecule has 0 radical (unpaired) electrons. The van der Waals surface area contributed by atoms with Gasteiger partial charge in [0.15, 0.2) is 0 Å². The van der Waals surface area contributed by atoms with Gasteiger partial charge in [-0.1, -0.05) is 6.92 Å².